The lowest BCUT2D eigenvalue weighted by Crippen LogP contribution is -2.29. The molecule has 1 aromatic carbocycles. The fourth-order valence-corrected chi connectivity index (χ4v) is 1.59. The fraction of sp³-hybridized carbons (Fsp3) is 0.500. The van der Waals surface area contributed by atoms with Crippen molar-refractivity contribution in [2.45, 2.75) is 34.1 Å². The van der Waals surface area contributed by atoms with Crippen LogP contribution in [0.15, 0.2) is 18.2 Å². The molecule has 3 nitrogen and oxygen atoms in total. The lowest BCUT2D eigenvalue weighted by molar-refractivity contribution is -0.117. The van der Waals surface area contributed by atoms with Crippen LogP contribution in [0.1, 0.15) is 31.4 Å². The van der Waals surface area contributed by atoms with Crippen LogP contribution in [-0.2, 0) is 4.79 Å². The molecule has 0 aliphatic carbocycles. The molecule has 0 saturated carbocycles. The Morgan fingerprint density at radius 2 is 2.00 bits per heavy atom. The van der Waals surface area contributed by atoms with Gasteiger partial charge in [0.05, 0.1) is 0 Å². The van der Waals surface area contributed by atoms with Gasteiger partial charge >= 0.3 is 0 Å². The highest BCUT2D eigenvalue weighted by molar-refractivity contribution is 5.92. The van der Waals surface area contributed by atoms with Crippen LogP contribution in [0.25, 0.3) is 0 Å². The number of rotatable bonds is 4. The maximum absolute atomic E-state index is 11.9. The van der Waals surface area contributed by atoms with Gasteiger partial charge in [0.15, 0.2) is 0 Å². The number of hydrogen-bond acceptors (Lipinski definition) is 2. The second-order valence-corrected chi connectivity index (χ2v) is 5.34. The molecule has 3 heteroatoms. The zero-order valence-electron chi connectivity index (χ0n) is 11.1. The first-order valence-corrected chi connectivity index (χ1v) is 5.92. The summed E-state index contributed by atoms with van der Waals surface area (Å²) in [5, 5.41) is 2.95. The normalized spacial score (nSPS) is 11.4. The summed E-state index contributed by atoms with van der Waals surface area (Å²) < 4.78 is 0. The predicted octanol–water partition coefficient (Wildman–Crippen LogP) is 2.62. The SMILES string of the molecule is Cc1cccc(NC(=O)CC(C)(C)CN)c1C. The largest absolute Gasteiger partial charge is 0.330 e. The highest BCUT2D eigenvalue weighted by Gasteiger charge is 2.20. The Hall–Kier alpha value is -1.35. The lowest BCUT2D eigenvalue weighted by atomic mass is 9.89. The maximum Gasteiger partial charge on any atom is 0.224 e. The first kappa shape index (κ1) is 13.7. The second kappa shape index (κ2) is 5.32. The van der Waals surface area contributed by atoms with Gasteiger partial charge in [-0.3, -0.25) is 4.79 Å². The van der Waals surface area contributed by atoms with Crippen LogP contribution in [0.2, 0.25) is 0 Å². The van der Waals surface area contributed by atoms with Gasteiger partial charge in [0.25, 0.3) is 0 Å². The molecule has 0 aromatic heterocycles. The third kappa shape index (κ3) is 3.86. The smallest absolute Gasteiger partial charge is 0.224 e. The van der Waals surface area contributed by atoms with E-state index >= 15 is 0 Å². The molecule has 0 spiro atoms. The molecule has 0 aliphatic heterocycles. The van der Waals surface area contributed by atoms with Crippen LogP contribution in [-0.4, -0.2) is 12.5 Å². The van der Waals surface area contributed by atoms with Gasteiger partial charge in [-0.2, -0.15) is 0 Å². The number of benzene rings is 1. The molecule has 0 heterocycles. The van der Waals surface area contributed by atoms with Crippen molar-refractivity contribution in [3.8, 4) is 0 Å². The minimum Gasteiger partial charge on any atom is -0.330 e. The standard InChI is InChI=1S/C14H22N2O/c1-10-6-5-7-12(11(10)2)16-13(17)8-14(3,4)9-15/h5-7H,8-9,15H2,1-4H3,(H,16,17). The van der Waals surface area contributed by atoms with E-state index < -0.39 is 0 Å². The Morgan fingerprint density at radius 1 is 1.35 bits per heavy atom. The van der Waals surface area contributed by atoms with E-state index in [1.165, 1.54) is 5.56 Å². The molecule has 1 aromatic rings. The zero-order chi connectivity index (χ0) is 13.1. The molecule has 1 rings (SSSR count). The monoisotopic (exact) mass is 234 g/mol. The van der Waals surface area contributed by atoms with Gasteiger partial charge in [-0.15, -0.1) is 0 Å². The average molecular weight is 234 g/mol. The lowest BCUT2D eigenvalue weighted by Gasteiger charge is -2.21. The van der Waals surface area contributed by atoms with Gasteiger partial charge in [-0.05, 0) is 43.0 Å². The third-order valence-electron chi connectivity index (χ3n) is 3.07. The van der Waals surface area contributed by atoms with Crippen molar-refractivity contribution in [3.05, 3.63) is 29.3 Å². The van der Waals surface area contributed by atoms with E-state index in [2.05, 4.69) is 5.32 Å². The molecule has 0 atom stereocenters. The van der Waals surface area contributed by atoms with Crippen molar-refractivity contribution in [1.82, 2.24) is 0 Å². The molecule has 0 bridgehead atoms. The predicted molar refractivity (Wildman–Crippen MR) is 72.0 cm³/mol. The van der Waals surface area contributed by atoms with Crippen molar-refractivity contribution in [1.29, 1.82) is 0 Å². The van der Waals surface area contributed by atoms with E-state index in [1.807, 2.05) is 45.9 Å². The minimum atomic E-state index is -0.151. The molecule has 0 fully saturated rings. The fourth-order valence-electron chi connectivity index (χ4n) is 1.59. The minimum absolute atomic E-state index is 0.0224. The second-order valence-electron chi connectivity index (χ2n) is 5.34. The average Bonchev–Trinajstić information content (AvgIpc) is 2.24. The maximum atomic E-state index is 11.9. The number of carbonyl (C=O) groups is 1. The van der Waals surface area contributed by atoms with Gasteiger partial charge in [-0.25, -0.2) is 0 Å². The molecule has 3 N–H and O–H groups in total. The number of nitrogens with two attached hydrogens (primary N) is 1. The molecule has 0 aliphatic rings. The van der Waals surface area contributed by atoms with E-state index in [1.54, 1.807) is 0 Å². The summed E-state index contributed by atoms with van der Waals surface area (Å²) in [4.78, 5) is 11.9. The highest BCUT2D eigenvalue weighted by atomic mass is 16.1. The van der Waals surface area contributed by atoms with Gasteiger partial charge < -0.3 is 11.1 Å². The summed E-state index contributed by atoms with van der Waals surface area (Å²) >= 11 is 0. The third-order valence-corrected chi connectivity index (χ3v) is 3.07. The molecule has 0 saturated heterocycles. The molecule has 0 radical (unpaired) electrons. The molecule has 17 heavy (non-hydrogen) atoms. The van der Waals surface area contributed by atoms with Crippen LogP contribution >= 0.6 is 0 Å². The van der Waals surface area contributed by atoms with Crippen LogP contribution in [0.3, 0.4) is 0 Å². The molecule has 0 unspecified atom stereocenters. The Bertz CT molecular complexity index is 411. The summed E-state index contributed by atoms with van der Waals surface area (Å²) in [5.41, 5.74) is 8.66. The molecular formula is C14H22N2O. The van der Waals surface area contributed by atoms with Crippen molar-refractivity contribution < 1.29 is 4.79 Å². The molecule has 1 amide bonds. The van der Waals surface area contributed by atoms with Crippen LogP contribution < -0.4 is 11.1 Å². The molecule has 94 valence electrons. The summed E-state index contributed by atoms with van der Waals surface area (Å²) in [6.45, 7) is 8.55. The highest BCUT2D eigenvalue weighted by Crippen LogP contribution is 2.22. The van der Waals surface area contributed by atoms with E-state index in [9.17, 15) is 4.79 Å². The summed E-state index contributed by atoms with van der Waals surface area (Å²) in [5.74, 6) is 0.0224. The van der Waals surface area contributed by atoms with Gasteiger partial charge in [0, 0.05) is 12.1 Å². The van der Waals surface area contributed by atoms with E-state index in [0.29, 0.717) is 13.0 Å². The van der Waals surface area contributed by atoms with Crippen molar-refractivity contribution in [2.24, 2.45) is 11.1 Å². The Labute approximate surface area is 103 Å². The first-order chi connectivity index (χ1) is 7.85. The first-order valence-electron chi connectivity index (χ1n) is 5.92. The number of hydrogen-bond donors (Lipinski definition) is 2. The summed E-state index contributed by atoms with van der Waals surface area (Å²) in [6.07, 6.45) is 0.441. The van der Waals surface area contributed by atoms with E-state index in [-0.39, 0.29) is 11.3 Å². The summed E-state index contributed by atoms with van der Waals surface area (Å²) in [7, 11) is 0. The van der Waals surface area contributed by atoms with E-state index in [4.69, 9.17) is 5.73 Å². The number of carbonyl (C=O) groups excluding carboxylic acids is 1. The molecular weight excluding hydrogens is 212 g/mol. The number of amides is 1. The van der Waals surface area contributed by atoms with Crippen molar-refractivity contribution in [3.63, 3.8) is 0 Å². The van der Waals surface area contributed by atoms with Gasteiger partial charge in [0.1, 0.15) is 0 Å². The number of anilines is 1. The Morgan fingerprint density at radius 3 is 2.59 bits per heavy atom. The summed E-state index contributed by atoms with van der Waals surface area (Å²) in [6, 6.07) is 5.91. The van der Waals surface area contributed by atoms with Crippen molar-refractivity contribution in [2.75, 3.05) is 11.9 Å². The Kier molecular flexibility index (Phi) is 4.29. The Balaban J connectivity index is 2.72. The number of aryl methyl sites for hydroxylation is 1. The topological polar surface area (TPSA) is 55.1 Å². The van der Waals surface area contributed by atoms with Gasteiger partial charge in [0.2, 0.25) is 5.91 Å². The quantitative estimate of drug-likeness (QED) is 0.841. The van der Waals surface area contributed by atoms with Crippen LogP contribution in [0, 0.1) is 19.3 Å². The zero-order valence-corrected chi connectivity index (χ0v) is 11.1. The van der Waals surface area contributed by atoms with Crippen LogP contribution in [0.5, 0.6) is 0 Å². The van der Waals surface area contributed by atoms with E-state index in [0.717, 1.165) is 11.3 Å². The van der Waals surface area contributed by atoms with Crippen LogP contribution in [0.4, 0.5) is 5.69 Å². The number of nitrogens with one attached hydrogen (secondary N) is 1. The van der Waals surface area contributed by atoms with Crippen molar-refractivity contribution >= 4 is 11.6 Å². The van der Waals surface area contributed by atoms with Gasteiger partial charge in [-0.1, -0.05) is 26.0 Å².